The molecule has 19 heavy (non-hydrogen) atoms. The van der Waals surface area contributed by atoms with Crippen LogP contribution in [0.15, 0.2) is 53.0 Å². The minimum Gasteiger partial charge on any atom is -0.344 e. The van der Waals surface area contributed by atoms with Crippen molar-refractivity contribution in [1.82, 2.24) is 0 Å². The third-order valence-electron chi connectivity index (χ3n) is 3.09. The molecule has 0 fully saturated rings. The molecule has 0 saturated carbocycles. The van der Waals surface area contributed by atoms with E-state index in [0.29, 0.717) is 0 Å². The first-order valence-corrected chi connectivity index (χ1v) is 7.20. The Morgan fingerprint density at radius 2 is 1.84 bits per heavy atom. The van der Waals surface area contributed by atoms with Crippen molar-refractivity contribution in [3.8, 4) is 0 Å². The van der Waals surface area contributed by atoms with E-state index < -0.39 is 0 Å². The Morgan fingerprint density at radius 1 is 1.16 bits per heavy atom. The Hall–Kier alpha value is -1.32. The first kappa shape index (κ1) is 14.1. The Labute approximate surface area is 123 Å². The van der Waals surface area contributed by atoms with Crippen molar-refractivity contribution < 1.29 is 0 Å². The van der Waals surface area contributed by atoms with E-state index in [1.165, 1.54) is 16.9 Å². The summed E-state index contributed by atoms with van der Waals surface area (Å²) >= 11 is 3.53. The molecule has 2 N–H and O–H groups in total. The molecule has 100 valence electrons. The normalized spacial score (nSPS) is 12.2. The molecule has 0 radical (unpaired) electrons. The van der Waals surface area contributed by atoms with Gasteiger partial charge in [-0.05, 0) is 49.2 Å². The smallest absolute Gasteiger partial charge is 0.0442 e. The predicted octanol–water partition coefficient (Wildman–Crippen LogP) is 4.11. The maximum atomic E-state index is 5.95. The molecule has 0 bridgehead atoms. The van der Waals surface area contributed by atoms with Gasteiger partial charge in [0.15, 0.2) is 0 Å². The van der Waals surface area contributed by atoms with Crippen molar-refractivity contribution in [2.45, 2.75) is 19.4 Å². The summed E-state index contributed by atoms with van der Waals surface area (Å²) < 4.78 is 1.09. The molecule has 3 heteroatoms. The van der Waals surface area contributed by atoms with Crippen molar-refractivity contribution in [3.63, 3.8) is 0 Å². The van der Waals surface area contributed by atoms with E-state index in [9.17, 15) is 0 Å². The average molecular weight is 319 g/mol. The van der Waals surface area contributed by atoms with Crippen molar-refractivity contribution in [2.75, 3.05) is 11.9 Å². The third kappa shape index (κ3) is 3.58. The van der Waals surface area contributed by atoms with E-state index in [1.54, 1.807) is 0 Å². The number of hydrogen-bond donors (Lipinski definition) is 1. The van der Waals surface area contributed by atoms with Gasteiger partial charge in [0.1, 0.15) is 0 Å². The molecule has 2 rings (SSSR count). The number of anilines is 2. The van der Waals surface area contributed by atoms with Crippen molar-refractivity contribution >= 4 is 27.3 Å². The van der Waals surface area contributed by atoms with Crippen molar-refractivity contribution in [1.29, 1.82) is 0 Å². The molecule has 2 nitrogen and oxygen atoms in total. The number of nitrogens with two attached hydrogens (primary N) is 1. The summed E-state index contributed by atoms with van der Waals surface area (Å²) in [5.74, 6) is 0. The summed E-state index contributed by atoms with van der Waals surface area (Å²) in [7, 11) is 2.09. The highest BCUT2D eigenvalue weighted by atomic mass is 79.9. The maximum absolute atomic E-state index is 5.95. The van der Waals surface area contributed by atoms with E-state index in [4.69, 9.17) is 5.73 Å². The highest BCUT2D eigenvalue weighted by Gasteiger charge is 2.11. The molecular weight excluding hydrogens is 300 g/mol. The van der Waals surface area contributed by atoms with Gasteiger partial charge in [-0.2, -0.15) is 0 Å². The van der Waals surface area contributed by atoms with Crippen molar-refractivity contribution in [3.05, 3.63) is 58.6 Å². The molecule has 1 unspecified atom stereocenters. The van der Waals surface area contributed by atoms with Gasteiger partial charge in [-0.1, -0.05) is 34.1 Å². The van der Waals surface area contributed by atoms with E-state index in [1.807, 2.05) is 13.0 Å². The lowest BCUT2D eigenvalue weighted by molar-refractivity contribution is 0.737. The van der Waals surface area contributed by atoms with Gasteiger partial charge in [-0.25, -0.2) is 0 Å². The minimum atomic E-state index is 0.150. The van der Waals surface area contributed by atoms with Gasteiger partial charge in [0.2, 0.25) is 0 Å². The standard InChI is InChI=1S/C16H19BrN2/c1-12(18)10-13-11-14(17)8-9-16(13)19(2)15-6-4-3-5-7-15/h3-9,11-12H,10,18H2,1-2H3. The molecule has 0 aliphatic heterocycles. The summed E-state index contributed by atoms with van der Waals surface area (Å²) in [4.78, 5) is 2.20. The second-order valence-electron chi connectivity index (χ2n) is 4.85. The van der Waals surface area contributed by atoms with Gasteiger partial charge in [0.05, 0.1) is 0 Å². The van der Waals surface area contributed by atoms with E-state index in [2.05, 4.69) is 70.3 Å². The topological polar surface area (TPSA) is 29.3 Å². The lowest BCUT2D eigenvalue weighted by atomic mass is 10.0. The minimum absolute atomic E-state index is 0.150. The predicted molar refractivity (Wildman–Crippen MR) is 86.0 cm³/mol. The molecule has 0 saturated heterocycles. The van der Waals surface area contributed by atoms with Crippen LogP contribution >= 0.6 is 15.9 Å². The van der Waals surface area contributed by atoms with Crippen molar-refractivity contribution in [2.24, 2.45) is 5.73 Å². The number of benzene rings is 2. The number of hydrogen-bond acceptors (Lipinski definition) is 2. The van der Waals surface area contributed by atoms with Crippen LogP contribution in [0.1, 0.15) is 12.5 Å². The van der Waals surface area contributed by atoms with Gasteiger partial charge < -0.3 is 10.6 Å². The Bertz CT molecular complexity index is 538. The van der Waals surface area contributed by atoms with Crippen LogP contribution < -0.4 is 10.6 Å². The first-order valence-electron chi connectivity index (χ1n) is 6.40. The Balaban J connectivity index is 2.38. The molecule has 2 aromatic carbocycles. The molecule has 0 aliphatic rings. The molecule has 0 spiro atoms. The second-order valence-corrected chi connectivity index (χ2v) is 5.76. The van der Waals surface area contributed by atoms with Crippen LogP contribution in [0.4, 0.5) is 11.4 Å². The summed E-state index contributed by atoms with van der Waals surface area (Å²) in [5, 5.41) is 0. The third-order valence-corrected chi connectivity index (χ3v) is 3.58. The SMILES string of the molecule is CC(N)Cc1cc(Br)ccc1N(C)c1ccccc1. The van der Waals surface area contributed by atoms with Gasteiger partial charge in [0.25, 0.3) is 0 Å². The molecular formula is C16H19BrN2. The summed E-state index contributed by atoms with van der Waals surface area (Å²) in [6, 6.07) is 16.9. The van der Waals surface area contributed by atoms with Gasteiger partial charge in [0, 0.05) is 28.9 Å². The largest absolute Gasteiger partial charge is 0.344 e. The van der Waals surface area contributed by atoms with E-state index in [0.717, 1.165) is 10.9 Å². The van der Waals surface area contributed by atoms with Crippen LogP contribution in [0.2, 0.25) is 0 Å². The molecule has 0 heterocycles. The van der Waals surface area contributed by atoms with Crippen LogP contribution in [-0.2, 0) is 6.42 Å². The summed E-state index contributed by atoms with van der Waals surface area (Å²) in [6.07, 6.45) is 0.867. The molecule has 0 aromatic heterocycles. The number of para-hydroxylation sites is 1. The van der Waals surface area contributed by atoms with E-state index in [-0.39, 0.29) is 6.04 Å². The zero-order valence-corrected chi connectivity index (χ0v) is 12.9. The van der Waals surface area contributed by atoms with Crippen LogP contribution in [0.5, 0.6) is 0 Å². The first-order chi connectivity index (χ1) is 9.08. The highest BCUT2D eigenvalue weighted by Crippen LogP contribution is 2.29. The van der Waals surface area contributed by atoms with Crippen LogP contribution in [0.25, 0.3) is 0 Å². The fourth-order valence-electron chi connectivity index (χ4n) is 2.18. The van der Waals surface area contributed by atoms with Gasteiger partial charge in [-0.3, -0.25) is 0 Å². The average Bonchev–Trinajstić information content (AvgIpc) is 2.38. The Morgan fingerprint density at radius 3 is 2.47 bits per heavy atom. The highest BCUT2D eigenvalue weighted by molar-refractivity contribution is 9.10. The Kier molecular flexibility index (Phi) is 4.61. The zero-order chi connectivity index (χ0) is 13.8. The molecule has 0 amide bonds. The molecule has 1 atom stereocenters. The van der Waals surface area contributed by atoms with Gasteiger partial charge >= 0.3 is 0 Å². The number of rotatable bonds is 4. The van der Waals surface area contributed by atoms with E-state index >= 15 is 0 Å². The molecule has 0 aliphatic carbocycles. The quantitative estimate of drug-likeness (QED) is 0.919. The number of halogens is 1. The fourth-order valence-corrected chi connectivity index (χ4v) is 2.59. The maximum Gasteiger partial charge on any atom is 0.0442 e. The second kappa shape index (κ2) is 6.22. The summed E-state index contributed by atoms with van der Waals surface area (Å²) in [6.45, 7) is 2.03. The van der Waals surface area contributed by atoms with Crippen LogP contribution in [0.3, 0.4) is 0 Å². The number of nitrogens with zero attached hydrogens (tertiary/aromatic N) is 1. The van der Waals surface area contributed by atoms with Gasteiger partial charge in [-0.15, -0.1) is 0 Å². The monoisotopic (exact) mass is 318 g/mol. The fraction of sp³-hybridized carbons (Fsp3) is 0.250. The summed E-state index contributed by atoms with van der Waals surface area (Å²) in [5.41, 5.74) is 9.59. The van der Waals surface area contributed by atoms with Crippen LogP contribution in [0, 0.1) is 0 Å². The lowest BCUT2D eigenvalue weighted by Crippen LogP contribution is -2.20. The zero-order valence-electron chi connectivity index (χ0n) is 11.3. The molecule has 2 aromatic rings. The lowest BCUT2D eigenvalue weighted by Gasteiger charge is -2.23. The van der Waals surface area contributed by atoms with Crippen LogP contribution in [-0.4, -0.2) is 13.1 Å².